The minimum absolute atomic E-state index is 0.143. The van der Waals surface area contributed by atoms with Crippen LogP contribution in [0.3, 0.4) is 0 Å². The Morgan fingerprint density at radius 2 is 1.93 bits per heavy atom. The van der Waals surface area contributed by atoms with Crippen LogP contribution in [0.5, 0.6) is 0 Å². The van der Waals surface area contributed by atoms with Crippen molar-refractivity contribution < 1.29 is 9.90 Å². The number of aliphatic hydroxyl groups excluding tert-OH is 1. The van der Waals surface area contributed by atoms with Gasteiger partial charge in [-0.3, -0.25) is 4.79 Å². The number of carbonyl (C=O) groups is 1. The lowest BCUT2D eigenvalue weighted by atomic mass is 9.59. The molecule has 0 radical (unpaired) electrons. The van der Waals surface area contributed by atoms with Gasteiger partial charge in [-0.15, -0.1) is 0 Å². The minimum atomic E-state index is -0.143. The van der Waals surface area contributed by atoms with Crippen LogP contribution in [0.15, 0.2) is 34.9 Å². The van der Waals surface area contributed by atoms with Gasteiger partial charge in [0.15, 0.2) is 0 Å². The third-order valence-electron chi connectivity index (χ3n) is 7.95. The quantitative estimate of drug-likeness (QED) is 0.416. The maximum Gasteiger partial charge on any atom is 0.135 e. The molecule has 2 saturated carbocycles. The molecule has 0 aromatic rings. The van der Waals surface area contributed by atoms with Crippen LogP contribution in [0.25, 0.3) is 0 Å². The Kier molecular flexibility index (Phi) is 9.60. The lowest BCUT2D eigenvalue weighted by Gasteiger charge is -2.45. The van der Waals surface area contributed by atoms with Crippen molar-refractivity contribution >= 4 is 5.78 Å². The molecule has 0 spiro atoms. The average Bonchev–Trinajstić information content (AvgIpc) is 2.69. The highest BCUT2D eigenvalue weighted by Crippen LogP contribution is 2.51. The number of allylic oxidation sites excluding steroid dienone is 5. The van der Waals surface area contributed by atoms with Crippen molar-refractivity contribution in [2.24, 2.45) is 23.2 Å². The average molecular weight is 415 g/mol. The van der Waals surface area contributed by atoms with Gasteiger partial charge in [-0.1, -0.05) is 69.6 Å². The fourth-order valence-electron chi connectivity index (χ4n) is 5.78. The Morgan fingerprint density at radius 1 is 1.20 bits per heavy atom. The van der Waals surface area contributed by atoms with Crippen LogP contribution in [0.4, 0.5) is 0 Å². The van der Waals surface area contributed by atoms with E-state index < -0.39 is 0 Å². The second kappa shape index (κ2) is 11.5. The lowest BCUT2D eigenvalue weighted by Crippen LogP contribution is -2.35. The van der Waals surface area contributed by atoms with E-state index in [1.54, 1.807) is 11.1 Å². The molecule has 2 aliphatic carbocycles. The highest BCUT2D eigenvalue weighted by Gasteiger charge is 2.40. The molecule has 0 aliphatic heterocycles. The highest BCUT2D eigenvalue weighted by molar-refractivity contribution is 5.80. The third kappa shape index (κ3) is 6.42. The number of rotatable bonds is 8. The summed E-state index contributed by atoms with van der Waals surface area (Å²) in [7, 11) is 0. The monoisotopic (exact) mass is 414 g/mol. The Morgan fingerprint density at radius 3 is 2.57 bits per heavy atom. The normalized spacial score (nSPS) is 32.1. The van der Waals surface area contributed by atoms with Crippen molar-refractivity contribution in [2.75, 3.05) is 0 Å². The maximum absolute atomic E-state index is 12.0. The van der Waals surface area contributed by atoms with E-state index in [0.717, 1.165) is 44.9 Å². The number of aliphatic hydroxyl groups is 1. The number of ketones is 1. The van der Waals surface area contributed by atoms with Crippen LogP contribution in [0.2, 0.25) is 0 Å². The summed E-state index contributed by atoms with van der Waals surface area (Å²) in [6, 6.07) is 0. The molecule has 2 fully saturated rings. The molecule has 0 aromatic carbocycles. The Bertz CT molecular complexity index is 666. The first-order valence-electron chi connectivity index (χ1n) is 12.4. The largest absolute Gasteiger partial charge is 0.393 e. The van der Waals surface area contributed by atoms with Crippen LogP contribution >= 0.6 is 0 Å². The summed E-state index contributed by atoms with van der Waals surface area (Å²) in [4.78, 5) is 12.0. The van der Waals surface area contributed by atoms with Crippen molar-refractivity contribution in [3.8, 4) is 0 Å². The van der Waals surface area contributed by atoms with E-state index in [1.165, 1.54) is 24.8 Å². The molecule has 1 N–H and O–H groups in total. The summed E-state index contributed by atoms with van der Waals surface area (Å²) in [6.07, 6.45) is 17.5. The number of Topliss-reactive ketones (excluding diaryl/α,β-unsaturated/α-hetero) is 1. The zero-order chi connectivity index (χ0) is 22.3. The predicted octanol–water partition coefficient (Wildman–Crippen LogP) is 7.58. The Hall–Kier alpha value is -1.15. The summed E-state index contributed by atoms with van der Waals surface area (Å²) in [5.74, 6) is 1.60. The van der Waals surface area contributed by atoms with E-state index in [4.69, 9.17) is 0 Å². The van der Waals surface area contributed by atoms with Gasteiger partial charge < -0.3 is 5.11 Å². The molecule has 0 aromatic heterocycles. The van der Waals surface area contributed by atoms with E-state index >= 15 is 0 Å². The number of hydrogen-bond acceptors (Lipinski definition) is 2. The molecular formula is C28H46O2. The van der Waals surface area contributed by atoms with Crippen molar-refractivity contribution in [2.45, 2.75) is 112 Å². The van der Waals surface area contributed by atoms with Gasteiger partial charge in [-0.2, -0.15) is 0 Å². The van der Waals surface area contributed by atoms with Gasteiger partial charge in [-0.05, 0) is 82.0 Å². The molecule has 0 heterocycles. The molecule has 4 atom stereocenters. The van der Waals surface area contributed by atoms with Crippen molar-refractivity contribution in [3.63, 3.8) is 0 Å². The zero-order valence-electron chi connectivity index (χ0n) is 20.5. The molecule has 2 aliphatic rings. The summed E-state index contributed by atoms with van der Waals surface area (Å²) < 4.78 is 0. The minimum Gasteiger partial charge on any atom is -0.393 e. The second-order valence-corrected chi connectivity index (χ2v) is 10.5. The SMILES string of the molecule is C/C=C(/[C@H](C)CCCC(=O)C(C)C)C1(C)CCC/C(=C\C=C2\CCCC(O)C2)C1C. The zero-order valence-corrected chi connectivity index (χ0v) is 20.5. The number of hydrogen-bond donors (Lipinski definition) is 1. The molecule has 2 heteroatoms. The molecule has 3 unspecified atom stereocenters. The molecule has 0 amide bonds. The van der Waals surface area contributed by atoms with Gasteiger partial charge in [-0.25, -0.2) is 0 Å². The van der Waals surface area contributed by atoms with Crippen LogP contribution in [0.1, 0.15) is 106 Å². The molecule has 2 nitrogen and oxygen atoms in total. The van der Waals surface area contributed by atoms with Gasteiger partial charge in [0.1, 0.15) is 5.78 Å². The van der Waals surface area contributed by atoms with Gasteiger partial charge >= 0.3 is 0 Å². The molecular weight excluding hydrogens is 368 g/mol. The summed E-state index contributed by atoms with van der Waals surface area (Å²) in [5.41, 5.74) is 4.76. The van der Waals surface area contributed by atoms with Gasteiger partial charge in [0.25, 0.3) is 0 Å². The fourth-order valence-corrected chi connectivity index (χ4v) is 5.78. The Balaban J connectivity index is 2.08. The van der Waals surface area contributed by atoms with Crippen LogP contribution in [-0.4, -0.2) is 17.0 Å². The van der Waals surface area contributed by atoms with Crippen LogP contribution < -0.4 is 0 Å². The molecule has 0 saturated heterocycles. The summed E-state index contributed by atoms with van der Waals surface area (Å²) in [5, 5.41) is 9.96. The first-order valence-corrected chi connectivity index (χ1v) is 12.4. The van der Waals surface area contributed by atoms with Gasteiger partial charge in [0, 0.05) is 12.3 Å². The van der Waals surface area contributed by atoms with E-state index in [1.807, 2.05) is 13.8 Å². The molecule has 2 rings (SSSR count). The van der Waals surface area contributed by atoms with E-state index in [0.29, 0.717) is 17.6 Å². The van der Waals surface area contributed by atoms with E-state index in [2.05, 4.69) is 45.9 Å². The van der Waals surface area contributed by atoms with Crippen molar-refractivity contribution in [1.29, 1.82) is 0 Å². The lowest BCUT2D eigenvalue weighted by molar-refractivity contribution is -0.122. The van der Waals surface area contributed by atoms with E-state index in [-0.39, 0.29) is 17.4 Å². The summed E-state index contributed by atoms with van der Waals surface area (Å²) in [6.45, 7) is 13.4. The van der Waals surface area contributed by atoms with Crippen molar-refractivity contribution in [1.82, 2.24) is 0 Å². The predicted molar refractivity (Wildman–Crippen MR) is 128 cm³/mol. The van der Waals surface area contributed by atoms with E-state index in [9.17, 15) is 9.90 Å². The maximum atomic E-state index is 12.0. The first-order chi connectivity index (χ1) is 14.2. The molecule has 170 valence electrons. The van der Waals surface area contributed by atoms with Crippen molar-refractivity contribution in [3.05, 3.63) is 34.9 Å². The molecule has 0 bridgehead atoms. The summed E-state index contributed by atoms with van der Waals surface area (Å²) >= 11 is 0. The second-order valence-electron chi connectivity index (χ2n) is 10.5. The topological polar surface area (TPSA) is 37.3 Å². The van der Waals surface area contributed by atoms with Crippen LogP contribution in [-0.2, 0) is 4.79 Å². The van der Waals surface area contributed by atoms with Gasteiger partial charge in [0.2, 0.25) is 0 Å². The standard InChI is InChI=1S/C28H46O2/c1-7-26(21(4)11-8-15-27(30)20(2)3)28(6)18-10-13-24(22(28)5)17-16-23-12-9-14-25(29)19-23/h7,16-17,20-22,25,29H,8-15,18-19H2,1-6H3/b23-16-,24-17+,26-7-/t21-,22?,25?,28?/m1/s1. The first kappa shape index (κ1) is 25.1. The van der Waals surface area contributed by atoms with Crippen LogP contribution in [0, 0.1) is 23.2 Å². The third-order valence-corrected chi connectivity index (χ3v) is 7.95. The smallest absolute Gasteiger partial charge is 0.135 e. The Labute approximate surface area is 185 Å². The highest BCUT2D eigenvalue weighted by atomic mass is 16.3. The van der Waals surface area contributed by atoms with Gasteiger partial charge in [0.05, 0.1) is 6.10 Å². The number of carbonyl (C=O) groups excluding carboxylic acids is 1. The fraction of sp³-hybridized carbons (Fsp3) is 0.750. The molecule has 30 heavy (non-hydrogen) atoms.